The zero-order chi connectivity index (χ0) is 14.6. The number of likely N-dealkylation sites (tertiary alicyclic amines) is 1. The SMILES string of the molecule is CCC1(CO)CCN(C(=O)NCc2ccn(C)c2)CC1. The van der Waals surface area contributed by atoms with Crippen LogP contribution in [0, 0.1) is 5.41 Å². The van der Waals surface area contributed by atoms with Crippen LogP contribution in [-0.2, 0) is 13.6 Å². The molecule has 0 atom stereocenters. The second-order valence-corrected chi connectivity index (χ2v) is 5.84. The molecule has 5 heteroatoms. The summed E-state index contributed by atoms with van der Waals surface area (Å²) in [6, 6.07) is 2.00. The molecule has 0 radical (unpaired) electrons. The monoisotopic (exact) mass is 279 g/mol. The normalized spacial score (nSPS) is 18.1. The van der Waals surface area contributed by atoms with E-state index in [1.165, 1.54) is 0 Å². The van der Waals surface area contributed by atoms with Crippen LogP contribution < -0.4 is 5.32 Å². The van der Waals surface area contributed by atoms with E-state index in [1.54, 1.807) is 0 Å². The largest absolute Gasteiger partial charge is 0.396 e. The third-order valence-electron chi connectivity index (χ3n) is 4.53. The third-order valence-corrected chi connectivity index (χ3v) is 4.53. The van der Waals surface area contributed by atoms with Crippen molar-refractivity contribution in [3.8, 4) is 0 Å². The van der Waals surface area contributed by atoms with Crippen LogP contribution in [0.3, 0.4) is 0 Å². The Bertz CT molecular complexity index is 442. The van der Waals surface area contributed by atoms with Gasteiger partial charge >= 0.3 is 6.03 Å². The van der Waals surface area contributed by atoms with Crippen molar-refractivity contribution in [2.45, 2.75) is 32.7 Å². The van der Waals surface area contributed by atoms with Gasteiger partial charge in [0.2, 0.25) is 0 Å². The second-order valence-electron chi connectivity index (χ2n) is 5.84. The van der Waals surface area contributed by atoms with E-state index in [0.29, 0.717) is 6.54 Å². The van der Waals surface area contributed by atoms with Crippen molar-refractivity contribution in [1.29, 1.82) is 0 Å². The summed E-state index contributed by atoms with van der Waals surface area (Å²) in [6.07, 6.45) is 6.73. The quantitative estimate of drug-likeness (QED) is 0.881. The van der Waals surface area contributed by atoms with Crippen LogP contribution in [0.2, 0.25) is 0 Å². The number of piperidine rings is 1. The minimum absolute atomic E-state index is 0.00324. The predicted molar refractivity (Wildman–Crippen MR) is 78.3 cm³/mol. The van der Waals surface area contributed by atoms with Crippen LogP contribution in [0.4, 0.5) is 4.79 Å². The number of carbonyl (C=O) groups excluding carboxylic acids is 1. The fourth-order valence-electron chi connectivity index (χ4n) is 2.76. The van der Waals surface area contributed by atoms with Crippen molar-refractivity contribution in [2.24, 2.45) is 12.5 Å². The summed E-state index contributed by atoms with van der Waals surface area (Å²) in [5.41, 5.74) is 1.13. The fraction of sp³-hybridized carbons (Fsp3) is 0.667. The Hall–Kier alpha value is -1.49. The van der Waals surface area contributed by atoms with Gasteiger partial charge in [-0.1, -0.05) is 6.92 Å². The van der Waals surface area contributed by atoms with Gasteiger partial charge in [0.1, 0.15) is 0 Å². The molecule has 0 bridgehead atoms. The van der Waals surface area contributed by atoms with Crippen molar-refractivity contribution in [3.05, 3.63) is 24.0 Å². The molecule has 0 spiro atoms. The molecule has 2 N–H and O–H groups in total. The summed E-state index contributed by atoms with van der Waals surface area (Å²) in [5, 5.41) is 12.5. The summed E-state index contributed by atoms with van der Waals surface area (Å²) in [7, 11) is 1.97. The second kappa shape index (κ2) is 6.31. The molecular weight excluding hydrogens is 254 g/mol. The van der Waals surface area contributed by atoms with E-state index in [4.69, 9.17) is 0 Å². The average molecular weight is 279 g/mol. The lowest BCUT2D eigenvalue weighted by Gasteiger charge is -2.40. The Labute approximate surface area is 120 Å². The average Bonchev–Trinajstić information content (AvgIpc) is 2.90. The molecule has 2 amide bonds. The summed E-state index contributed by atoms with van der Waals surface area (Å²) in [6.45, 7) is 4.36. The molecule has 1 saturated heterocycles. The molecule has 0 aliphatic carbocycles. The number of rotatable bonds is 4. The molecule has 1 fully saturated rings. The lowest BCUT2D eigenvalue weighted by atomic mass is 9.77. The van der Waals surface area contributed by atoms with Crippen LogP contribution in [0.5, 0.6) is 0 Å². The standard InChI is InChI=1S/C15H25N3O2/c1-3-15(12-19)5-8-18(9-6-15)14(20)16-10-13-4-7-17(2)11-13/h4,7,11,19H,3,5-6,8-10,12H2,1-2H3,(H,16,20). The van der Waals surface area contributed by atoms with E-state index in [-0.39, 0.29) is 18.1 Å². The Morgan fingerprint density at radius 2 is 2.15 bits per heavy atom. The lowest BCUT2D eigenvalue weighted by Crippen LogP contribution is -2.48. The molecule has 112 valence electrons. The van der Waals surface area contributed by atoms with Gasteiger partial charge in [-0.3, -0.25) is 0 Å². The van der Waals surface area contributed by atoms with Crippen LogP contribution in [0.15, 0.2) is 18.5 Å². The molecular formula is C15H25N3O2. The molecule has 1 aliphatic rings. The maximum Gasteiger partial charge on any atom is 0.317 e. The number of aromatic nitrogens is 1. The number of aliphatic hydroxyl groups is 1. The van der Waals surface area contributed by atoms with E-state index in [0.717, 1.165) is 37.9 Å². The minimum atomic E-state index is -0.00324. The summed E-state index contributed by atoms with van der Waals surface area (Å²) < 4.78 is 1.97. The molecule has 0 unspecified atom stereocenters. The van der Waals surface area contributed by atoms with Crippen molar-refractivity contribution in [1.82, 2.24) is 14.8 Å². The van der Waals surface area contributed by atoms with E-state index < -0.39 is 0 Å². The zero-order valence-corrected chi connectivity index (χ0v) is 12.4. The van der Waals surface area contributed by atoms with Crippen molar-refractivity contribution in [2.75, 3.05) is 19.7 Å². The molecule has 2 rings (SSSR count). The molecule has 0 aromatic carbocycles. The number of nitrogens with zero attached hydrogens (tertiary/aromatic N) is 2. The first-order valence-corrected chi connectivity index (χ1v) is 7.33. The number of aryl methyl sites for hydroxylation is 1. The first-order chi connectivity index (χ1) is 9.58. The van der Waals surface area contributed by atoms with Crippen LogP contribution in [0.1, 0.15) is 31.7 Å². The van der Waals surface area contributed by atoms with Crippen LogP contribution in [-0.4, -0.2) is 40.3 Å². The fourth-order valence-corrected chi connectivity index (χ4v) is 2.76. The van der Waals surface area contributed by atoms with Crippen molar-refractivity contribution in [3.63, 3.8) is 0 Å². The number of hydrogen-bond acceptors (Lipinski definition) is 2. The van der Waals surface area contributed by atoms with E-state index in [1.807, 2.05) is 35.0 Å². The molecule has 20 heavy (non-hydrogen) atoms. The number of amides is 2. The van der Waals surface area contributed by atoms with Gasteiger partial charge in [-0.2, -0.15) is 0 Å². The topological polar surface area (TPSA) is 57.5 Å². The van der Waals surface area contributed by atoms with E-state index >= 15 is 0 Å². The van der Waals surface area contributed by atoms with Gasteiger partial charge in [0.25, 0.3) is 0 Å². The third kappa shape index (κ3) is 3.33. The van der Waals surface area contributed by atoms with Gasteiger partial charge < -0.3 is 19.9 Å². The Kier molecular flexibility index (Phi) is 4.70. The summed E-state index contributed by atoms with van der Waals surface area (Å²) in [5.74, 6) is 0. The highest BCUT2D eigenvalue weighted by atomic mass is 16.3. The Balaban J connectivity index is 1.80. The first kappa shape index (κ1) is 14.9. The molecule has 1 aromatic heterocycles. The van der Waals surface area contributed by atoms with Gasteiger partial charge in [0, 0.05) is 45.7 Å². The Morgan fingerprint density at radius 1 is 1.45 bits per heavy atom. The van der Waals surface area contributed by atoms with Gasteiger partial charge in [-0.05, 0) is 36.3 Å². The van der Waals surface area contributed by atoms with Crippen molar-refractivity contribution < 1.29 is 9.90 Å². The molecule has 0 saturated carbocycles. The summed E-state index contributed by atoms with van der Waals surface area (Å²) in [4.78, 5) is 14.0. The predicted octanol–water partition coefficient (Wildman–Crippen LogP) is 1.72. The smallest absolute Gasteiger partial charge is 0.317 e. The maximum absolute atomic E-state index is 12.1. The van der Waals surface area contributed by atoms with Gasteiger partial charge in [-0.15, -0.1) is 0 Å². The van der Waals surface area contributed by atoms with Crippen molar-refractivity contribution >= 4 is 6.03 Å². The summed E-state index contributed by atoms with van der Waals surface area (Å²) >= 11 is 0. The highest BCUT2D eigenvalue weighted by Crippen LogP contribution is 2.34. The highest BCUT2D eigenvalue weighted by Gasteiger charge is 2.33. The molecule has 1 aromatic rings. The minimum Gasteiger partial charge on any atom is -0.396 e. The zero-order valence-electron chi connectivity index (χ0n) is 12.4. The number of nitrogens with one attached hydrogen (secondary N) is 1. The molecule has 1 aliphatic heterocycles. The van der Waals surface area contributed by atoms with E-state index in [9.17, 15) is 9.90 Å². The number of urea groups is 1. The van der Waals surface area contributed by atoms with Crippen LogP contribution in [0.25, 0.3) is 0 Å². The maximum atomic E-state index is 12.1. The molecule has 5 nitrogen and oxygen atoms in total. The number of hydrogen-bond donors (Lipinski definition) is 2. The first-order valence-electron chi connectivity index (χ1n) is 7.33. The highest BCUT2D eigenvalue weighted by molar-refractivity contribution is 5.74. The van der Waals surface area contributed by atoms with Gasteiger partial charge in [0.05, 0.1) is 0 Å². The number of carbonyl (C=O) groups is 1. The van der Waals surface area contributed by atoms with Gasteiger partial charge in [-0.25, -0.2) is 4.79 Å². The van der Waals surface area contributed by atoms with E-state index in [2.05, 4.69) is 12.2 Å². The lowest BCUT2D eigenvalue weighted by molar-refractivity contribution is 0.0519. The van der Waals surface area contributed by atoms with Gasteiger partial charge in [0.15, 0.2) is 0 Å². The Morgan fingerprint density at radius 3 is 2.65 bits per heavy atom. The molecule has 2 heterocycles. The number of aliphatic hydroxyl groups excluding tert-OH is 1. The van der Waals surface area contributed by atoms with Crippen LogP contribution >= 0.6 is 0 Å².